The van der Waals surface area contributed by atoms with Gasteiger partial charge in [-0.15, -0.1) is 0 Å². The van der Waals surface area contributed by atoms with Crippen molar-refractivity contribution in [1.29, 1.82) is 0 Å². The van der Waals surface area contributed by atoms with Crippen molar-refractivity contribution in [1.82, 2.24) is 5.16 Å². The topological polar surface area (TPSA) is 81.1 Å². The first kappa shape index (κ1) is 15.0. The fraction of sp³-hybridized carbons (Fsp3) is 0.0833. The van der Waals surface area contributed by atoms with Crippen molar-refractivity contribution < 1.29 is 22.5 Å². The van der Waals surface area contributed by atoms with E-state index >= 15 is 0 Å². The lowest BCUT2D eigenvalue weighted by Crippen LogP contribution is -2.19. The van der Waals surface area contributed by atoms with Gasteiger partial charge in [-0.05, 0) is 18.2 Å². The van der Waals surface area contributed by atoms with Gasteiger partial charge in [-0.25, -0.2) is 0 Å². The number of rotatable bonds is 3. The second kappa shape index (κ2) is 5.52. The summed E-state index contributed by atoms with van der Waals surface area (Å²) in [5.41, 5.74) is 4.44. The number of aromatic nitrogens is 1. The third-order valence-electron chi connectivity index (χ3n) is 2.53. The summed E-state index contributed by atoms with van der Waals surface area (Å²) in [4.78, 5) is 11.5. The Morgan fingerprint density at radius 2 is 2.05 bits per heavy atom. The summed E-state index contributed by atoms with van der Waals surface area (Å²) in [6, 6.07) is 3.98. The number of benzene rings is 1. The van der Waals surface area contributed by atoms with Crippen LogP contribution in [0.4, 0.5) is 18.9 Å². The standard InChI is InChI=1S/C12H8F3N3O2S/c13-12(14,15)6-1-2-8(7(5-6)10(16)21)17-11(19)9-3-4-20-18-9/h1-5H,(H2,16,21)(H,17,19). The lowest BCUT2D eigenvalue weighted by Gasteiger charge is -2.13. The summed E-state index contributed by atoms with van der Waals surface area (Å²) in [5.74, 6) is -0.652. The van der Waals surface area contributed by atoms with Crippen LogP contribution in [0.1, 0.15) is 21.6 Å². The van der Waals surface area contributed by atoms with E-state index in [2.05, 4.69) is 15.0 Å². The van der Waals surface area contributed by atoms with E-state index < -0.39 is 17.6 Å². The Bertz CT molecular complexity index is 684. The number of carbonyl (C=O) groups excluding carboxylic acids is 1. The van der Waals surface area contributed by atoms with Gasteiger partial charge in [-0.1, -0.05) is 17.4 Å². The molecule has 2 aromatic rings. The minimum atomic E-state index is -4.53. The second-order valence-corrected chi connectivity index (χ2v) is 4.40. The van der Waals surface area contributed by atoms with Gasteiger partial charge in [0.05, 0.1) is 11.3 Å². The molecule has 0 saturated carbocycles. The minimum Gasteiger partial charge on any atom is -0.389 e. The van der Waals surface area contributed by atoms with Crippen LogP contribution in [0.15, 0.2) is 35.1 Å². The number of halogens is 3. The maximum atomic E-state index is 12.7. The van der Waals surface area contributed by atoms with E-state index in [9.17, 15) is 18.0 Å². The Morgan fingerprint density at radius 3 is 2.57 bits per heavy atom. The van der Waals surface area contributed by atoms with E-state index in [-0.39, 0.29) is 21.9 Å². The molecule has 0 aliphatic heterocycles. The van der Waals surface area contributed by atoms with Gasteiger partial charge >= 0.3 is 6.18 Å². The zero-order valence-electron chi connectivity index (χ0n) is 10.3. The molecule has 0 bridgehead atoms. The van der Waals surface area contributed by atoms with Crippen LogP contribution in [0.5, 0.6) is 0 Å². The molecular formula is C12H8F3N3O2S. The fourth-order valence-corrected chi connectivity index (χ4v) is 1.72. The first-order valence-electron chi connectivity index (χ1n) is 5.52. The first-order chi connectivity index (χ1) is 9.79. The summed E-state index contributed by atoms with van der Waals surface area (Å²) in [6.07, 6.45) is -3.34. The highest BCUT2D eigenvalue weighted by atomic mass is 32.1. The number of anilines is 1. The van der Waals surface area contributed by atoms with E-state index in [0.717, 1.165) is 18.2 Å². The molecule has 0 fully saturated rings. The van der Waals surface area contributed by atoms with Gasteiger partial charge in [0.15, 0.2) is 5.69 Å². The van der Waals surface area contributed by atoms with Crippen molar-refractivity contribution in [2.45, 2.75) is 6.18 Å². The lowest BCUT2D eigenvalue weighted by molar-refractivity contribution is -0.137. The minimum absolute atomic E-state index is 0.0243. The lowest BCUT2D eigenvalue weighted by atomic mass is 10.1. The Morgan fingerprint density at radius 1 is 1.33 bits per heavy atom. The van der Waals surface area contributed by atoms with E-state index in [4.69, 9.17) is 18.0 Å². The largest absolute Gasteiger partial charge is 0.416 e. The number of nitrogens with one attached hydrogen (secondary N) is 1. The predicted octanol–water partition coefficient (Wildman–Crippen LogP) is 2.58. The SMILES string of the molecule is NC(=S)c1cc(C(F)(F)F)ccc1NC(=O)c1ccon1. The van der Waals surface area contributed by atoms with Crippen LogP contribution in [0.3, 0.4) is 0 Å². The molecular weight excluding hydrogens is 307 g/mol. The molecule has 9 heteroatoms. The van der Waals surface area contributed by atoms with Crippen LogP contribution in [-0.2, 0) is 6.18 Å². The van der Waals surface area contributed by atoms with E-state index in [1.165, 1.54) is 12.3 Å². The quantitative estimate of drug-likeness (QED) is 0.851. The number of alkyl halides is 3. The summed E-state index contributed by atoms with van der Waals surface area (Å²) in [6.45, 7) is 0. The Kier molecular flexibility index (Phi) is 3.94. The molecule has 2 rings (SSSR count). The molecule has 0 aliphatic carbocycles. The van der Waals surface area contributed by atoms with Gasteiger partial charge in [-0.2, -0.15) is 13.2 Å². The zero-order chi connectivity index (χ0) is 15.6. The number of thiocarbonyl (C=S) groups is 1. The van der Waals surface area contributed by atoms with Crippen LogP contribution in [0.25, 0.3) is 0 Å². The molecule has 3 N–H and O–H groups in total. The van der Waals surface area contributed by atoms with Crippen molar-refractivity contribution >= 4 is 28.8 Å². The highest BCUT2D eigenvalue weighted by molar-refractivity contribution is 7.80. The molecule has 0 unspecified atom stereocenters. The maximum Gasteiger partial charge on any atom is 0.416 e. The summed E-state index contributed by atoms with van der Waals surface area (Å²) >= 11 is 4.71. The fourth-order valence-electron chi connectivity index (χ4n) is 1.55. The second-order valence-electron chi connectivity index (χ2n) is 3.96. The first-order valence-corrected chi connectivity index (χ1v) is 5.92. The van der Waals surface area contributed by atoms with Crippen molar-refractivity contribution in [3.63, 3.8) is 0 Å². The van der Waals surface area contributed by atoms with E-state index in [1.807, 2.05) is 0 Å². The van der Waals surface area contributed by atoms with Gasteiger partial charge in [0, 0.05) is 11.6 Å². The number of nitrogens with zero attached hydrogens (tertiary/aromatic N) is 1. The van der Waals surface area contributed by atoms with Crippen molar-refractivity contribution in [3.05, 3.63) is 47.3 Å². The van der Waals surface area contributed by atoms with Gasteiger partial charge in [-0.3, -0.25) is 4.79 Å². The summed E-state index contributed by atoms with van der Waals surface area (Å²) in [7, 11) is 0. The molecule has 5 nitrogen and oxygen atoms in total. The molecule has 0 aliphatic rings. The van der Waals surface area contributed by atoms with Gasteiger partial charge < -0.3 is 15.6 Å². The molecule has 0 radical (unpaired) electrons. The van der Waals surface area contributed by atoms with Crippen LogP contribution in [0, 0.1) is 0 Å². The number of amides is 1. The average molecular weight is 315 g/mol. The normalized spacial score (nSPS) is 11.2. The molecule has 1 amide bonds. The molecule has 0 spiro atoms. The number of hydrogen-bond acceptors (Lipinski definition) is 4. The predicted molar refractivity (Wildman–Crippen MR) is 71.8 cm³/mol. The van der Waals surface area contributed by atoms with Crippen molar-refractivity contribution in [2.75, 3.05) is 5.32 Å². The third kappa shape index (κ3) is 3.37. The van der Waals surface area contributed by atoms with Crippen LogP contribution < -0.4 is 11.1 Å². The number of carbonyl (C=O) groups is 1. The molecule has 1 heterocycles. The number of hydrogen-bond donors (Lipinski definition) is 2. The monoisotopic (exact) mass is 315 g/mol. The summed E-state index contributed by atoms with van der Waals surface area (Å²) in [5, 5.41) is 5.79. The molecule has 0 atom stereocenters. The van der Waals surface area contributed by atoms with E-state index in [0.29, 0.717) is 0 Å². The van der Waals surface area contributed by atoms with Crippen LogP contribution >= 0.6 is 12.2 Å². The Hall–Kier alpha value is -2.42. The van der Waals surface area contributed by atoms with Crippen LogP contribution in [-0.4, -0.2) is 16.1 Å². The zero-order valence-corrected chi connectivity index (χ0v) is 11.1. The average Bonchev–Trinajstić information content (AvgIpc) is 2.91. The van der Waals surface area contributed by atoms with Gasteiger partial charge in [0.1, 0.15) is 11.3 Å². The molecule has 1 aromatic carbocycles. The maximum absolute atomic E-state index is 12.7. The van der Waals surface area contributed by atoms with Crippen molar-refractivity contribution in [2.24, 2.45) is 5.73 Å². The molecule has 110 valence electrons. The Balaban J connectivity index is 2.35. The molecule has 0 saturated heterocycles. The summed E-state index contributed by atoms with van der Waals surface area (Å²) < 4.78 is 42.5. The van der Waals surface area contributed by atoms with Crippen molar-refractivity contribution in [3.8, 4) is 0 Å². The van der Waals surface area contributed by atoms with Gasteiger partial charge in [0.25, 0.3) is 5.91 Å². The van der Waals surface area contributed by atoms with E-state index in [1.54, 1.807) is 0 Å². The number of nitrogens with two attached hydrogens (primary N) is 1. The highest BCUT2D eigenvalue weighted by Crippen LogP contribution is 2.32. The van der Waals surface area contributed by atoms with Crippen LogP contribution in [0.2, 0.25) is 0 Å². The molecule has 21 heavy (non-hydrogen) atoms. The Labute approximate surface area is 121 Å². The smallest absolute Gasteiger partial charge is 0.389 e. The third-order valence-corrected chi connectivity index (χ3v) is 2.75. The highest BCUT2D eigenvalue weighted by Gasteiger charge is 2.31. The van der Waals surface area contributed by atoms with Gasteiger partial charge in [0.2, 0.25) is 0 Å². The molecule has 1 aromatic heterocycles.